The van der Waals surface area contributed by atoms with E-state index in [0.717, 1.165) is 5.92 Å². The van der Waals surface area contributed by atoms with Gasteiger partial charge in [-0.05, 0) is 74.0 Å². The summed E-state index contributed by atoms with van der Waals surface area (Å²) in [4.78, 5) is 0. The van der Waals surface area contributed by atoms with Crippen molar-refractivity contribution in [1.82, 2.24) is 0 Å². The van der Waals surface area contributed by atoms with Crippen LogP contribution in [0, 0.1) is 22.7 Å². The molecule has 0 bridgehead atoms. The number of rotatable bonds is 4. The van der Waals surface area contributed by atoms with Gasteiger partial charge in [0.05, 0.1) is 11.1 Å². The molecule has 0 aromatic heterocycles. The average Bonchev–Trinajstić information content (AvgIpc) is 2.81. The molecular formula is C36H66N2. The zero-order chi connectivity index (χ0) is 27.0. The molecule has 0 aromatic carbocycles. The minimum absolute atomic E-state index is 0.00520. The molecule has 4 aliphatic carbocycles. The quantitative estimate of drug-likeness (QED) is 0.325. The third kappa shape index (κ3) is 6.90. The highest BCUT2D eigenvalue weighted by Gasteiger charge is 2.57. The second-order valence-corrected chi connectivity index (χ2v) is 15.6. The van der Waals surface area contributed by atoms with E-state index in [2.05, 4.69) is 27.7 Å². The highest BCUT2D eigenvalue weighted by Crippen LogP contribution is 2.59. The van der Waals surface area contributed by atoms with Crippen LogP contribution in [-0.2, 0) is 0 Å². The maximum Gasteiger partial charge on any atom is 0.0899 e. The Kier molecular flexibility index (Phi) is 11.2. The zero-order valence-electron chi connectivity index (χ0n) is 26.4. The van der Waals surface area contributed by atoms with Crippen molar-refractivity contribution in [2.45, 2.75) is 206 Å². The van der Waals surface area contributed by atoms with Crippen LogP contribution in [0.3, 0.4) is 0 Å². The summed E-state index contributed by atoms with van der Waals surface area (Å²) < 4.78 is 0. The van der Waals surface area contributed by atoms with Crippen molar-refractivity contribution >= 4 is 0 Å². The predicted molar refractivity (Wildman–Crippen MR) is 165 cm³/mol. The molecule has 4 aliphatic rings. The van der Waals surface area contributed by atoms with Crippen LogP contribution in [0.1, 0.15) is 195 Å². The van der Waals surface area contributed by atoms with Crippen molar-refractivity contribution in [2.24, 2.45) is 32.9 Å². The molecule has 0 aliphatic heterocycles. The summed E-state index contributed by atoms with van der Waals surface area (Å²) in [5.74, 6) is 1.48. The molecular weight excluding hydrogens is 460 g/mol. The van der Waals surface area contributed by atoms with Crippen LogP contribution >= 0.6 is 0 Å². The van der Waals surface area contributed by atoms with Crippen molar-refractivity contribution in [1.29, 1.82) is 0 Å². The van der Waals surface area contributed by atoms with Gasteiger partial charge < -0.3 is 0 Å². The molecule has 0 heterocycles. The number of hydrogen-bond acceptors (Lipinski definition) is 2. The van der Waals surface area contributed by atoms with Crippen molar-refractivity contribution in [3.63, 3.8) is 0 Å². The molecule has 2 heteroatoms. The van der Waals surface area contributed by atoms with Crippen molar-refractivity contribution in [3.05, 3.63) is 0 Å². The van der Waals surface area contributed by atoms with Crippen LogP contribution in [0.15, 0.2) is 10.2 Å². The number of azo groups is 1. The first kappa shape index (κ1) is 30.6. The molecule has 4 saturated carbocycles. The standard InChI is InChI=1S/C36H66N2/c1-33(2)27-19-14-22-30-36(34(33,3)4,32-25-17-10-6-11-18-26-32)38-37-35(28-20-12-7-13-21-29-35)31-23-15-8-5-9-16-24-31/h31-32H,5-30H2,1-4H3. The van der Waals surface area contributed by atoms with E-state index in [4.69, 9.17) is 10.2 Å². The van der Waals surface area contributed by atoms with Crippen LogP contribution in [0.2, 0.25) is 0 Å². The maximum atomic E-state index is 5.98. The van der Waals surface area contributed by atoms with Gasteiger partial charge in [-0.1, -0.05) is 143 Å². The molecule has 4 rings (SSSR count). The fourth-order valence-corrected chi connectivity index (χ4v) is 9.54. The summed E-state index contributed by atoms with van der Waals surface area (Å²) in [7, 11) is 0. The summed E-state index contributed by atoms with van der Waals surface area (Å²) in [5, 5.41) is 11.9. The lowest BCUT2D eigenvalue weighted by atomic mass is 9.49. The number of hydrogen-bond donors (Lipinski definition) is 0. The summed E-state index contributed by atoms with van der Waals surface area (Å²) in [6.45, 7) is 10.4. The Bertz CT molecular complexity index is 697. The highest BCUT2D eigenvalue weighted by atomic mass is 15.2. The van der Waals surface area contributed by atoms with Crippen LogP contribution in [0.4, 0.5) is 0 Å². The second-order valence-electron chi connectivity index (χ2n) is 15.6. The molecule has 220 valence electrons. The highest BCUT2D eigenvalue weighted by molar-refractivity contribution is 5.11. The lowest BCUT2D eigenvalue weighted by molar-refractivity contribution is -0.0492. The maximum absolute atomic E-state index is 5.98. The molecule has 38 heavy (non-hydrogen) atoms. The van der Waals surface area contributed by atoms with Crippen molar-refractivity contribution in [2.75, 3.05) is 0 Å². The topological polar surface area (TPSA) is 24.7 Å². The monoisotopic (exact) mass is 527 g/mol. The van der Waals surface area contributed by atoms with Crippen LogP contribution in [0.25, 0.3) is 0 Å². The Labute approximate surface area is 238 Å². The van der Waals surface area contributed by atoms with E-state index >= 15 is 0 Å². The zero-order valence-corrected chi connectivity index (χ0v) is 26.4. The normalized spacial score (nSPS) is 33.1. The summed E-state index contributed by atoms with van der Waals surface area (Å²) >= 11 is 0. The van der Waals surface area contributed by atoms with Crippen LogP contribution < -0.4 is 0 Å². The van der Waals surface area contributed by atoms with Gasteiger partial charge in [0.25, 0.3) is 0 Å². The number of nitrogens with zero attached hydrogens (tertiary/aromatic N) is 2. The first-order valence-corrected chi connectivity index (χ1v) is 17.8. The van der Waals surface area contributed by atoms with Crippen molar-refractivity contribution in [3.8, 4) is 0 Å². The van der Waals surface area contributed by atoms with Crippen molar-refractivity contribution < 1.29 is 0 Å². The van der Waals surface area contributed by atoms with Gasteiger partial charge in [-0.3, -0.25) is 0 Å². The van der Waals surface area contributed by atoms with E-state index in [1.165, 1.54) is 167 Å². The Morgan fingerprint density at radius 2 is 0.789 bits per heavy atom. The van der Waals surface area contributed by atoms with Gasteiger partial charge in [0.1, 0.15) is 0 Å². The molecule has 1 unspecified atom stereocenters. The lowest BCUT2D eigenvalue weighted by Gasteiger charge is -2.57. The Morgan fingerprint density at radius 3 is 1.34 bits per heavy atom. The fourth-order valence-electron chi connectivity index (χ4n) is 9.54. The Balaban J connectivity index is 1.78. The smallest absolute Gasteiger partial charge is 0.0899 e. The molecule has 0 spiro atoms. The van der Waals surface area contributed by atoms with Gasteiger partial charge in [-0.2, -0.15) is 10.2 Å². The van der Waals surface area contributed by atoms with Crippen LogP contribution in [0.5, 0.6) is 0 Å². The molecule has 0 N–H and O–H groups in total. The molecule has 0 saturated heterocycles. The Hall–Kier alpha value is -0.400. The van der Waals surface area contributed by atoms with E-state index < -0.39 is 0 Å². The first-order chi connectivity index (χ1) is 18.3. The molecule has 1 atom stereocenters. The molecule has 0 amide bonds. The summed E-state index contributed by atoms with van der Waals surface area (Å²) in [5.41, 5.74) is 0.584. The summed E-state index contributed by atoms with van der Waals surface area (Å²) in [6, 6.07) is 0. The van der Waals surface area contributed by atoms with Gasteiger partial charge in [0, 0.05) is 0 Å². The third-order valence-electron chi connectivity index (χ3n) is 12.9. The SMILES string of the molecule is CC1(C)CCCCCC(N=NC2(C3CCCCCCC3)CCCCCCC2)(C2CCCCCCC2)C1(C)C. The molecule has 0 radical (unpaired) electrons. The van der Waals surface area contributed by atoms with E-state index in [1.54, 1.807) is 0 Å². The van der Waals surface area contributed by atoms with E-state index in [9.17, 15) is 0 Å². The van der Waals surface area contributed by atoms with Gasteiger partial charge in [-0.15, -0.1) is 0 Å². The Morgan fingerprint density at radius 1 is 0.395 bits per heavy atom. The molecule has 2 nitrogen and oxygen atoms in total. The molecule has 0 aromatic rings. The lowest BCUT2D eigenvalue weighted by Crippen LogP contribution is -2.57. The van der Waals surface area contributed by atoms with Gasteiger partial charge in [0.15, 0.2) is 0 Å². The van der Waals surface area contributed by atoms with Gasteiger partial charge in [0.2, 0.25) is 0 Å². The summed E-state index contributed by atoms with van der Waals surface area (Å²) in [6.07, 6.45) is 36.3. The minimum atomic E-state index is 0.00520. The van der Waals surface area contributed by atoms with E-state index in [-0.39, 0.29) is 16.5 Å². The predicted octanol–water partition coefficient (Wildman–Crippen LogP) is 12.4. The van der Waals surface area contributed by atoms with E-state index in [1.807, 2.05) is 0 Å². The van der Waals surface area contributed by atoms with Gasteiger partial charge in [-0.25, -0.2) is 0 Å². The first-order valence-electron chi connectivity index (χ1n) is 17.8. The second kappa shape index (κ2) is 14.0. The van der Waals surface area contributed by atoms with Crippen LogP contribution in [-0.4, -0.2) is 11.1 Å². The van der Waals surface area contributed by atoms with E-state index in [0.29, 0.717) is 11.3 Å². The molecule has 4 fully saturated rings. The van der Waals surface area contributed by atoms with Gasteiger partial charge >= 0.3 is 0 Å². The minimum Gasteiger partial charge on any atom is -0.187 e. The largest absolute Gasteiger partial charge is 0.187 e. The average molecular weight is 527 g/mol. The third-order valence-corrected chi connectivity index (χ3v) is 12.9. The fraction of sp³-hybridized carbons (Fsp3) is 1.00.